The van der Waals surface area contributed by atoms with E-state index in [0.29, 0.717) is 11.0 Å². The van der Waals surface area contributed by atoms with Gasteiger partial charge in [0.15, 0.2) is 0 Å². The summed E-state index contributed by atoms with van der Waals surface area (Å²) in [5.41, 5.74) is 1.01. The van der Waals surface area contributed by atoms with E-state index < -0.39 is 0 Å². The van der Waals surface area contributed by atoms with E-state index in [1.54, 1.807) is 6.07 Å². The van der Waals surface area contributed by atoms with Crippen molar-refractivity contribution in [1.82, 2.24) is 5.32 Å². The Hall–Kier alpha value is -0.450. The molecule has 2 nitrogen and oxygen atoms in total. The molecular formula is C12H15BrFNO. The average Bonchev–Trinajstić information content (AvgIpc) is 3.05. The van der Waals surface area contributed by atoms with Gasteiger partial charge in [-0.2, -0.15) is 0 Å². The molecule has 2 rings (SSSR count). The van der Waals surface area contributed by atoms with Crippen LogP contribution in [0.2, 0.25) is 0 Å². The summed E-state index contributed by atoms with van der Waals surface area (Å²) in [5, 5.41) is 12.4. The summed E-state index contributed by atoms with van der Waals surface area (Å²) in [6.07, 6.45) is 2.17. The van der Waals surface area contributed by atoms with Crippen LogP contribution in [0.15, 0.2) is 22.7 Å². The first kappa shape index (κ1) is 12.0. The Kier molecular flexibility index (Phi) is 3.62. The van der Waals surface area contributed by atoms with Gasteiger partial charge in [0.25, 0.3) is 0 Å². The fourth-order valence-electron chi connectivity index (χ4n) is 1.71. The van der Waals surface area contributed by atoms with Crippen molar-refractivity contribution in [2.24, 2.45) is 5.41 Å². The van der Waals surface area contributed by atoms with Gasteiger partial charge in [0, 0.05) is 25.1 Å². The van der Waals surface area contributed by atoms with Crippen molar-refractivity contribution in [2.75, 3.05) is 13.2 Å². The second-order valence-corrected chi connectivity index (χ2v) is 5.27. The first-order chi connectivity index (χ1) is 7.67. The highest BCUT2D eigenvalue weighted by Crippen LogP contribution is 2.44. The number of benzene rings is 1. The Bertz CT molecular complexity index is 379. The number of hydrogen-bond donors (Lipinski definition) is 2. The Balaban J connectivity index is 1.88. The molecule has 1 aromatic rings. The number of rotatable bonds is 5. The second kappa shape index (κ2) is 4.82. The quantitative estimate of drug-likeness (QED) is 0.872. The Labute approximate surface area is 103 Å². The first-order valence-electron chi connectivity index (χ1n) is 5.41. The lowest BCUT2D eigenvalue weighted by atomic mass is 10.1. The van der Waals surface area contributed by atoms with Gasteiger partial charge in [-0.1, -0.05) is 12.1 Å². The molecule has 0 saturated heterocycles. The van der Waals surface area contributed by atoms with Crippen LogP contribution in [0.3, 0.4) is 0 Å². The third kappa shape index (κ3) is 2.62. The summed E-state index contributed by atoms with van der Waals surface area (Å²) in [6, 6.07) is 5.03. The van der Waals surface area contributed by atoms with Crippen molar-refractivity contribution in [1.29, 1.82) is 0 Å². The van der Waals surface area contributed by atoms with Gasteiger partial charge in [0.1, 0.15) is 5.82 Å². The van der Waals surface area contributed by atoms with Crippen LogP contribution in [-0.2, 0) is 6.54 Å². The largest absolute Gasteiger partial charge is 0.396 e. The maximum Gasteiger partial charge on any atom is 0.137 e. The molecule has 0 radical (unpaired) electrons. The van der Waals surface area contributed by atoms with Gasteiger partial charge in [-0.15, -0.1) is 0 Å². The summed E-state index contributed by atoms with van der Waals surface area (Å²) >= 11 is 3.23. The van der Waals surface area contributed by atoms with Gasteiger partial charge < -0.3 is 10.4 Å². The zero-order chi connectivity index (χ0) is 11.6. The second-order valence-electron chi connectivity index (χ2n) is 4.47. The van der Waals surface area contributed by atoms with Gasteiger partial charge in [0.2, 0.25) is 0 Å². The van der Waals surface area contributed by atoms with E-state index >= 15 is 0 Å². The fraction of sp³-hybridized carbons (Fsp3) is 0.500. The van der Waals surface area contributed by atoms with E-state index in [1.807, 2.05) is 6.07 Å². The van der Waals surface area contributed by atoms with Crippen LogP contribution in [0, 0.1) is 11.2 Å². The SMILES string of the molecule is OCC1(CNCc2cccc(F)c2Br)CC1. The van der Waals surface area contributed by atoms with Crippen molar-refractivity contribution in [3.63, 3.8) is 0 Å². The summed E-state index contributed by atoms with van der Waals surface area (Å²) in [5.74, 6) is -0.234. The lowest BCUT2D eigenvalue weighted by Crippen LogP contribution is -2.26. The predicted molar refractivity (Wildman–Crippen MR) is 64.6 cm³/mol. The zero-order valence-electron chi connectivity index (χ0n) is 8.97. The molecule has 4 heteroatoms. The van der Waals surface area contributed by atoms with E-state index in [9.17, 15) is 4.39 Å². The third-order valence-corrected chi connectivity index (χ3v) is 4.03. The van der Waals surface area contributed by atoms with Crippen LogP contribution in [0.4, 0.5) is 4.39 Å². The molecule has 0 aliphatic heterocycles. The van der Waals surface area contributed by atoms with Crippen LogP contribution in [-0.4, -0.2) is 18.3 Å². The predicted octanol–water partition coefficient (Wildman–Crippen LogP) is 2.45. The van der Waals surface area contributed by atoms with Crippen LogP contribution >= 0.6 is 15.9 Å². The van der Waals surface area contributed by atoms with Crippen LogP contribution in [0.5, 0.6) is 0 Å². The molecule has 0 unspecified atom stereocenters. The summed E-state index contributed by atoms with van der Waals surface area (Å²) in [7, 11) is 0. The van der Waals surface area contributed by atoms with Crippen molar-refractivity contribution in [3.8, 4) is 0 Å². The molecule has 0 heterocycles. The van der Waals surface area contributed by atoms with E-state index in [-0.39, 0.29) is 17.8 Å². The highest BCUT2D eigenvalue weighted by Gasteiger charge is 2.41. The van der Waals surface area contributed by atoms with Gasteiger partial charge in [0.05, 0.1) is 4.47 Å². The molecule has 1 aliphatic rings. The molecule has 88 valence electrons. The molecule has 0 spiro atoms. The molecule has 0 aromatic heterocycles. The lowest BCUT2D eigenvalue weighted by molar-refractivity contribution is 0.207. The third-order valence-electron chi connectivity index (χ3n) is 3.14. The maximum absolute atomic E-state index is 13.2. The van der Waals surface area contributed by atoms with Crippen LogP contribution < -0.4 is 5.32 Å². The number of halogens is 2. The van der Waals surface area contributed by atoms with Crippen molar-refractivity contribution in [2.45, 2.75) is 19.4 Å². The first-order valence-corrected chi connectivity index (χ1v) is 6.21. The molecule has 1 aliphatic carbocycles. The molecule has 0 atom stereocenters. The molecular weight excluding hydrogens is 273 g/mol. The molecule has 0 bridgehead atoms. The van der Waals surface area contributed by atoms with Crippen molar-refractivity contribution >= 4 is 15.9 Å². The van der Waals surface area contributed by atoms with Gasteiger partial charge >= 0.3 is 0 Å². The number of aliphatic hydroxyl groups is 1. The highest BCUT2D eigenvalue weighted by atomic mass is 79.9. The van der Waals surface area contributed by atoms with Crippen LogP contribution in [0.25, 0.3) is 0 Å². The summed E-state index contributed by atoms with van der Waals surface area (Å²) in [6.45, 7) is 1.66. The Morgan fingerprint density at radius 1 is 1.44 bits per heavy atom. The van der Waals surface area contributed by atoms with Crippen molar-refractivity contribution < 1.29 is 9.50 Å². The molecule has 2 N–H and O–H groups in total. The Morgan fingerprint density at radius 3 is 2.81 bits per heavy atom. The minimum Gasteiger partial charge on any atom is -0.396 e. The average molecular weight is 288 g/mol. The topological polar surface area (TPSA) is 32.3 Å². The van der Waals surface area contributed by atoms with Crippen LogP contribution in [0.1, 0.15) is 18.4 Å². The van der Waals surface area contributed by atoms with Gasteiger partial charge in [-0.3, -0.25) is 0 Å². The molecule has 1 aromatic carbocycles. The molecule has 1 saturated carbocycles. The van der Waals surface area contributed by atoms with Crippen molar-refractivity contribution in [3.05, 3.63) is 34.1 Å². The normalized spacial score (nSPS) is 17.4. The summed E-state index contributed by atoms with van der Waals surface area (Å²) in [4.78, 5) is 0. The molecule has 1 fully saturated rings. The van der Waals surface area contributed by atoms with E-state index in [2.05, 4.69) is 21.2 Å². The minimum absolute atomic E-state index is 0.0970. The zero-order valence-corrected chi connectivity index (χ0v) is 10.6. The van der Waals surface area contributed by atoms with Gasteiger partial charge in [-0.05, 0) is 40.4 Å². The number of nitrogens with one attached hydrogen (secondary N) is 1. The smallest absolute Gasteiger partial charge is 0.137 e. The number of hydrogen-bond acceptors (Lipinski definition) is 2. The van der Waals surface area contributed by atoms with E-state index in [1.165, 1.54) is 6.07 Å². The number of aliphatic hydroxyl groups excluding tert-OH is 1. The highest BCUT2D eigenvalue weighted by molar-refractivity contribution is 9.10. The molecule has 16 heavy (non-hydrogen) atoms. The lowest BCUT2D eigenvalue weighted by Gasteiger charge is -2.13. The van der Waals surface area contributed by atoms with Gasteiger partial charge in [-0.25, -0.2) is 4.39 Å². The standard InChI is InChI=1S/C12H15BrFNO/c13-11-9(2-1-3-10(11)14)6-15-7-12(8-16)4-5-12/h1-3,15-16H,4-8H2. The monoisotopic (exact) mass is 287 g/mol. The summed E-state index contributed by atoms with van der Waals surface area (Å²) < 4.78 is 13.7. The Morgan fingerprint density at radius 2 is 2.19 bits per heavy atom. The van der Waals surface area contributed by atoms with E-state index in [0.717, 1.165) is 24.9 Å². The van der Waals surface area contributed by atoms with E-state index in [4.69, 9.17) is 5.11 Å². The minimum atomic E-state index is -0.234. The maximum atomic E-state index is 13.2. The fourth-order valence-corrected chi connectivity index (χ4v) is 2.12. The molecule has 0 amide bonds.